The maximum atomic E-state index is 12.9. The second kappa shape index (κ2) is 6.02. The van der Waals surface area contributed by atoms with Gasteiger partial charge in [0.2, 0.25) is 5.91 Å². The molecule has 0 saturated carbocycles. The number of aryl methyl sites for hydroxylation is 1. The van der Waals surface area contributed by atoms with Gasteiger partial charge in [-0.2, -0.15) is 0 Å². The first-order valence-electron chi connectivity index (χ1n) is 8.25. The molecule has 1 amide bonds. The molecule has 1 saturated heterocycles. The van der Waals surface area contributed by atoms with E-state index in [4.69, 9.17) is 0 Å². The quantitative estimate of drug-likeness (QED) is 0.932. The van der Waals surface area contributed by atoms with Crippen molar-refractivity contribution in [3.05, 3.63) is 47.3 Å². The fourth-order valence-electron chi connectivity index (χ4n) is 2.94. The number of hydrogen-bond donors (Lipinski definition) is 1. The van der Waals surface area contributed by atoms with Crippen molar-refractivity contribution in [2.45, 2.75) is 45.3 Å². The number of benzene rings is 1. The molecule has 0 bridgehead atoms. The maximum Gasteiger partial charge on any atom is 0.232 e. The zero-order valence-corrected chi connectivity index (χ0v) is 14.6. The van der Waals surface area contributed by atoms with E-state index < -0.39 is 11.5 Å². The van der Waals surface area contributed by atoms with Crippen molar-refractivity contribution in [3.8, 4) is 0 Å². The number of rotatable bonds is 4. The molecule has 0 radical (unpaired) electrons. The van der Waals surface area contributed by atoms with E-state index in [-0.39, 0.29) is 11.9 Å². The first-order valence-corrected chi connectivity index (χ1v) is 8.25. The molecular formula is C18H24N4O2. The summed E-state index contributed by atoms with van der Waals surface area (Å²) in [5, 5.41) is 17.5. The average molecular weight is 328 g/mol. The Bertz CT molecular complexity index is 728. The molecule has 24 heavy (non-hydrogen) atoms. The fraction of sp³-hybridized carbons (Fsp3) is 0.500. The van der Waals surface area contributed by atoms with Gasteiger partial charge in [-0.1, -0.05) is 35.0 Å². The van der Waals surface area contributed by atoms with Crippen molar-refractivity contribution < 1.29 is 9.90 Å². The molecule has 1 aliphatic heterocycles. The molecule has 2 aromatic rings. The lowest BCUT2D eigenvalue weighted by Crippen LogP contribution is -2.55. The molecule has 6 nitrogen and oxygen atoms in total. The molecule has 1 aromatic carbocycles. The van der Waals surface area contributed by atoms with Gasteiger partial charge in [-0.05, 0) is 33.3 Å². The second-order valence-corrected chi connectivity index (χ2v) is 7.15. The molecule has 3 rings (SSSR count). The number of likely N-dealkylation sites (tertiary alicyclic amines) is 1. The minimum atomic E-state index is -0.628. The third-order valence-electron chi connectivity index (χ3n) is 4.79. The molecule has 1 atom stereocenters. The van der Waals surface area contributed by atoms with Crippen LogP contribution in [0, 0.1) is 6.92 Å². The lowest BCUT2D eigenvalue weighted by atomic mass is 9.82. The molecule has 1 aliphatic rings. The smallest absolute Gasteiger partial charge is 0.232 e. The van der Waals surface area contributed by atoms with Crippen molar-refractivity contribution in [3.63, 3.8) is 0 Å². The highest BCUT2D eigenvalue weighted by molar-refractivity contribution is 5.88. The van der Waals surface area contributed by atoms with Crippen LogP contribution in [0.5, 0.6) is 0 Å². The number of amides is 1. The van der Waals surface area contributed by atoms with E-state index in [1.807, 2.05) is 49.9 Å². The molecule has 1 aromatic heterocycles. The summed E-state index contributed by atoms with van der Waals surface area (Å²) >= 11 is 0. The number of aliphatic hydroxyl groups excluding tert-OH is 1. The average Bonchev–Trinajstić information content (AvgIpc) is 2.96. The predicted octanol–water partition coefficient (Wildman–Crippen LogP) is 2.00. The minimum Gasteiger partial charge on any atom is -0.387 e. The van der Waals surface area contributed by atoms with Crippen LogP contribution in [0.2, 0.25) is 0 Å². The molecule has 6 heteroatoms. The number of aliphatic hydroxyl groups is 1. The molecule has 1 N–H and O–H groups in total. The van der Waals surface area contributed by atoms with Crippen LogP contribution in [0.4, 0.5) is 0 Å². The van der Waals surface area contributed by atoms with Crippen LogP contribution in [-0.4, -0.2) is 44.0 Å². The maximum absolute atomic E-state index is 12.9. The summed E-state index contributed by atoms with van der Waals surface area (Å²) in [6.45, 7) is 8.88. The van der Waals surface area contributed by atoms with Gasteiger partial charge in [0.25, 0.3) is 0 Å². The van der Waals surface area contributed by atoms with Gasteiger partial charge in [0.05, 0.1) is 23.8 Å². The van der Waals surface area contributed by atoms with E-state index in [1.54, 1.807) is 17.8 Å². The normalized spacial score (nSPS) is 16.8. The van der Waals surface area contributed by atoms with Crippen LogP contribution < -0.4 is 0 Å². The minimum absolute atomic E-state index is 0.124. The standard InChI is InChI=1S/C18H24N4O2/c1-12-5-7-14(8-6-12)18(3,4)17(24)21-9-15(10-21)22-11-16(13(2)23)19-20-22/h5-8,11,13,15,23H,9-10H2,1-4H3/t13-/m1/s1. The highest BCUT2D eigenvalue weighted by Gasteiger charge is 2.40. The summed E-state index contributed by atoms with van der Waals surface area (Å²) in [7, 11) is 0. The van der Waals surface area contributed by atoms with Gasteiger partial charge in [-0.25, -0.2) is 4.68 Å². The third-order valence-corrected chi connectivity index (χ3v) is 4.79. The summed E-state index contributed by atoms with van der Waals surface area (Å²) in [5.41, 5.74) is 2.22. The van der Waals surface area contributed by atoms with Crippen LogP contribution in [0.3, 0.4) is 0 Å². The van der Waals surface area contributed by atoms with Crippen LogP contribution >= 0.6 is 0 Å². The topological polar surface area (TPSA) is 71.2 Å². The van der Waals surface area contributed by atoms with Gasteiger partial charge in [0, 0.05) is 13.1 Å². The lowest BCUT2D eigenvalue weighted by Gasteiger charge is -2.43. The molecule has 2 heterocycles. The Kier molecular flexibility index (Phi) is 4.17. The van der Waals surface area contributed by atoms with Crippen molar-refractivity contribution in [1.82, 2.24) is 19.9 Å². The number of aromatic nitrogens is 3. The third kappa shape index (κ3) is 2.94. The van der Waals surface area contributed by atoms with E-state index in [1.165, 1.54) is 5.56 Å². The summed E-state index contributed by atoms with van der Waals surface area (Å²) in [4.78, 5) is 14.7. The molecule has 0 aliphatic carbocycles. The summed E-state index contributed by atoms with van der Waals surface area (Å²) in [6, 6.07) is 8.25. The van der Waals surface area contributed by atoms with Crippen LogP contribution in [0.15, 0.2) is 30.5 Å². The summed E-state index contributed by atoms with van der Waals surface area (Å²) in [5.74, 6) is 0.124. The molecular weight excluding hydrogens is 304 g/mol. The van der Waals surface area contributed by atoms with E-state index in [2.05, 4.69) is 10.3 Å². The monoisotopic (exact) mass is 328 g/mol. The van der Waals surface area contributed by atoms with E-state index in [0.29, 0.717) is 18.8 Å². The van der Waals surface area contributed by atoms with Crippen molar-refractivity contribution >= 4 is 5.91 Å². The summed E-state index contributed by atoms with van der Waals surface area (Å²) in [6.07, 6.45) is 1.12. The van der Waals surface area contributed by atoms with Crippen molar-refractivity contribution in [2.24, 2.45) is 0 Å². The van der Waals surface area contributed by atoms with E-state index in [0.717, 1.165) is 5.56 Å². The highest BCUT2D eigenvalue weighted by atomic mass is 16.3. The van der Waals surface area contributed by atoms with E-state index in [9.17, 15) is 9.90 Å². The number of carbonyl (C=O) groups excluding carboxylic acids is 1. The Morgan fingerprint density at radius 1 is 1.29 bits per heavy atom. The predicted molar refractivity (Wildman–Crippen MR) is 90.5 cm³/mol. The Labute approximate surface area is 142 Å². The van der Waals surface area contributed by atoms with Crippen molar-refractivity contribution in [2.75, 3.05) is 13.1 Å². The van der Waals surface area contributed by atoms with Gasteiger partial charge >= 0.3 is 0 Å². The zero-order chi connectivity index (χ0) is 17.5. The van der Waals surface area contributed by atoms with Crippen molar-refractivity contribution in [1.29, 1.82) is 0 Å². The number of nitrogens with zero attached hydrogens (tertiary/aromatic N) is 4. The lowest BCUT2D eigenvalue weighted by molar-refractivity contribution is -0.142. The highest BCUT2D eigenvalue weighted by Crippen LogP contribution is 2.31. The molecule has 0 unspecified atom stereocenters. The van der Waals surface area contributed by atoms with Gasteiger partial charge in [-0.15, -0.1) is 5.10 Å². The molecule has 0 spiro atoms. The van der Waals surface area contributed by atoms with Crippen LogP contribution in [-0.2, 0) is 10.2 Å². The summed E-state index contributed by atoms with van der Waals surface area (Å²) < 4.78 is 1.74. The molecule has 128 valence electrons. The van der Waals surface area contributed by atoms with E-state index >= 15 is 0 Å². The number of carbonyl (C=O) groups is 1. The van der Waals surface area contributed by atoms with Gasteiger partial charge < -0.3 is 10.0 Å². The Hall–Kier alpha value is -2.21. The SMILES string of the molecule is Cc1ccc(C(C)(C)C(=O)N2CC(n3cc([C@@H](C)O)nn3)C2)cc1. The largest absolute Gasteiger partial charge is 0.387 e. The second-order valence-electron chi connectivity index (χ2n) is 7.15. The van der Waals surface area contributed by atoms with Crippen LogP contribution in [0.1, 0.15) is 49.7 Å². The zero-order valence-electron chi connectivity index (χ0n) is 14.6. The van der Waals surface area contributed by atoms with Crippen LogP contribution in [0.25, 0.3) is 0 Å². The first-order chi connectivity index (χ1) is 11.3. The fourth-order valence-corrected chi connectivity index (χ4v) is 2.94. The van der Waals surface area contributed by atoms with Gasteiger partial charge in [0.15, 0.2) is 0 Å². The Morgan fingerprint density at radius 3 is 2.46 bits per heavy atom. The first kappa shape index (κ1) is 16.6. The van der Waals surface area contributed by atoms with Gasteiger partial charge in [-0.3, -0.25) is 4.79 Å². The Morgan fingerprint density at radius 2 is 1.92 bits per heavy atom. The Balaban J connectivity index is 1.66. The van der Waals surface area contributed by atoms with Gasteiger partial charge in [0.1, 0.15) is 5.69 Å². The molecule has 1 fully saturated rings. The number of hydrogen-bond acceptors (Lipinski definition) is 4.